The zero-order valence-corrected chi connectivity index (χ0v) is 14.3. The quantitative estimate of drug-likeness (QED) is 0.329. The summed E-state index contributed by atoms with van der Waals surface area (Å²) in [6, 6.07) is 0. The van der Waals surface area contributed by atoms with Gasteiger partial charge in [-0.25, -0.2) is 0 Å². The molecule has 0 aliphatic rings. The predicted octanol–water partition coefficient (Wildman–Crippen LogP) is 6.78. The van der Waals surface area contributed by atoms with Gasteiger partial charge in [0.2, 0.25) is 0 Å². The van der Waals surface area contributed by atoms with Gasteiger partial charge in [-0.05, 0) is 6.42 Å². The van der Waals surface area contributed by atoms with Crippen LogP contribution in [0.15, 0.2) is 0 Å². The standard InChI is InChI=1S/C18H35F3O/c1-2-3-4-5-6-7-8-9-10-11-12-13-14-15-16-17(22)18(19,20)21/h17,22H,2-16H2,1H3/t17-/m1/s1. The molecule has 0 saturated heterocycles. The van der Waals surface area contributed by atoms with E-state index in [1.165, 1.54) is 64.2 Å². The number of aliphatic hydroxyl groups excluding tert-OH is 1. The van der Waals surface area contributed by atoms with Crippen molar-refractivity contribution in [2.45, 2.75) is 116 Å². The topological polar surface area (TPSA) is 20.2 Å². The monoisotopic (exact) mass is 324 g/mol. The summed E-state index contributed by atoms with van der Waals surface area (Å²) in [4.78, 5) is 0. The van der Waals surface area contributed by atoms with Gasteiger partial charge in [0.25, 0.3) is 0 Å². The summed E-state index contributed by atoms with van der Waals surface area (Å²) in [6.07, 6.45) is 9.81. The average Bonchev–Trinajstić information content (AvgIpc) is 2.46. The third-order valence-electron chi connectivity index (χ3n) is 4.21. The molecule has 0 heterocycles. The minimum absolute atomic E-state index is 0.151. The van der Waals surface area contributed by atoms with E-state index in [0.717, 1.165) is 19.3 Å². The van der Waals surface area contributed by atoms with E-state index in [4.69, 9.17) is 5.11 Å². The Hall–Kier alpha value is -0.250. The number of unbranched alkanes of at least 4 members (excludes halogenated alkanes) is 13. The molecule has 0 aliphatic carbocycles. The highest BCUT2D eigenvalue weighted by molar-refractivity contribution is 4.64. The van der Waals surface area contributed by atoms with Crippen molar-refractivity contribution >= 4 is 0 Å². The molecule has 0 unspecified atom stereocenters. The third-order valence-corrected chi connectivity index (χ3v) is 4.21. The molecule has 0 aromatic carbocycles. The fourth-order valence-corrected chi connectivity index (χ4v) is 2.70. The van der Waals surface area contributed by atoms with Crippen LogP contribution in [0.4, 0.5) is 13.2 Å². The van der Waals surface area contributed by atoms with Crippen LogP contribution in [0, 0.1) is 0 Å². The van der Waals surface area contributed by atoms with Gasteiger partial charge in [0, 0.05) is 0 Å². The lowest BCUT2D eigenvalue weighted by Gasteiger charge is -2.13. The van der Waals surface area contributed by atoms with E-state index in [1.807, 2.05) is 0 Å². The zero-order valence-electron chi connectivity index (χ0n) is 14.3. The maximum absolute atomic E-state index is 12.1. The van der Waals surface area contributed by atoms with Crippen molar-refractivity contribution in [3.63, 3.8) is 0 Å². The van der Waals surface area contributed by atoms with E-state index >= 15 is 0 Å². The largest absolute Gasteiger partial charge is 0.414 e. The number of hydrogen-bond donors (Lipinski definition) is 1. The molecule has 1 atom stereocenters. The number of aliphatic hydroxyl groups is 1. The minimum atomic E-state index is -4.45. The average molecular weight is 324 g/mol. The van der Waals surface area contributed by atoms with E-state index in [-0.39, 0.29) is 6.42 Å². The van der Waals surface area contributed by atoms with Gasteiger partial charge in [0.05, 0.1) is 0 Å². The van der Waals surface area contributed by atoms with Crippen LogP contribution in [0.2, 0.25) is 0 Å². The van der Waals surface area contributed by atoms with Gasteiger partial charge in [-0.2, -0.15) is 13.2 Å². The smallest absolute Gasteiger partial charge is 0.384 e. The fraction of sp³-hybridized carbons (Fsp3) is 1.00. The molecular weight excluding hydrogens is 289 g/mol. The molecule has 1 nitrogen and oxygen atoms in total. The van der Waals surface area contributed by atoms with Gasteiger partial charge in [-0.15, -0.1) is 0 Å². The first kappa shape index (κ1) is 21.8. The molecule has 0 aromatic heterocycles. The first-order valence-corrected chi connectivity index (χ1v) is 9.23. The number of halogens is 3. The van der Waals surface area contributed by atoms with Crippen molar-refractivity contribution < 1.29 is 18.3 Å². The van der Waals surface area contributed by atoms with E-state index in [1.54, 1.807) is 0 Å². The van der Waals surface area contributed by atoms with E-state index in [2.05, 4.69) is 6.92 Å². The summed E-state index contributed by atoms with van der Waals surface area (Å²) in [7, 11) is 0. The Labute approximate surface area is 134 Å². The summed E-state index contributed by atoms with van der Waals surface area (Å²) in [6.45, 7) is 2.23. The molecule has 134 valence electrons. The first-order chi connectivity index (χ1) is 10.5. The van der Waals surface area contributed by atoms with Crippen LogP contribution < -0.4 is 0 Å². The number of alkyl halides is 3. The minimum Gasteiger partial charge on any atom is -0.384 e. The van der Waals surface area contributed by atoms with E-state index in [0.29, 0.717) is 6.42 Å². The number of hydrogen-bond acceptors (Lipinski definition) is 1. The first-order valence-electron chi connectivity index (χ1n) is 9.23. The van der Waals surface area contributed by atoms with Crippen LogP contribution in [0.1, 0.15) is 103 Å². The normalized spacial score (nSPS) is 13.5. The maximum Gasteiger partial charge on any atom is 0.414 e. The Morgan fingerprint density at radius 1 is 0.636 bits per heavy atom. The molecule has 0 aromatic rings. The molecule has 0 saturated carbocycles. The second-order valence-corrected chi connectivity index (χ2v) is 6.44. The van der Waals surface area contributed by atoms with Crippen LogP contribution >= 0.6 is 0 Å². The van der Waals surface area contributed by atoms with E-state index < -0.39 is 12.3 Å². The molecule has 0 amide bonds. The zero-order chi connectivity index (χ0) is 16.7. The molecule has 4 heteroatoms. The summed E-state index contributed by atoms with van der Waals surface area (Å²) < 4.78 is 36.2. The SMILES string of the molecule is CCCCCCCCCCCCCCCC[C@@H](O)C(F)(F)F. The summed E-state index contributed by atoms with van der Waals surface area (Å²) in [5, 5.41) is 8.85. The Bertz CT molecular complexity index is 229. The van der Waals surface area contributed by atoms with Crippen molar-refractivity contribution in [1.29, 1.82) is 0 Å². The van der Waals surface area contributed by atoms with E-state index in [9.17, 15) is 13.2 Å². The lowest BCUT2D eigenvalue weighted by atomic mass is 10.0. The Morgan fingerprint density at radius 3 is 1.27 bits per heavy atom. The van der Waals surface area contributed by atoms with Gasteiger partial charge in [0.1, 0.15) is 6.10 Å². The lowest BCUT2D eigenvalue weighted by Crippen LogP contribution is -2.28. The third kappa shape index (κ3) is 14.7. The van der Waals surface area contributed by atoms with Crippen LogP contribution in [0.3, 0.4) is 0 Å². The summed E-state index contributed by atoms with van der Waals surface area (Å²) in [5.41, 5.74) is 0. The molecule has 22 heavy (non-hydrogen) atoms. The molecular formula is C18H35F3O. The van der Waals surface area contributed by atoms with Crippen LogP contribution in [-0.2, 0) is 0 Å². The highest BCUT2D eigenvalue weighted by atomic mass is 19.4. The second kappa shape index (κ2) is 14.3. The van der Waals surface area contributed by atoms with Crippen LogP contribution in [0.5, 0.6) is 0 Å². The van der Waals surface area contributed by atoms with Crippen molar-refractivity contribution in [3.05, 3.63) is 0 Å². The molecule has 0 bridgehead atoms. The Kier molecular flexibility index (Phi) is 14.2. The fourth-order valence-electron chi connectivity index (χ4n) is 2.70. The van der Waals surface area contributed by atoms with Crippen molar-refractivity contribution in [1.82, 2.24) is 0 Å². The maximum atomic E-state index is 12.1. The molecule has 1 N–H and O–H groups in total. The highest BCUT2D eigenvalue weighted by Gasteiger charge is 2.37. The second-order valence-electron chi connectivity index (χ2n) is 6.44. The van der Waals surface area contributed by atoms with Gasteiger partial charge in [-0.3, -0.25) is 0 Å². The Morgan fingerprint density at radius 2 is 0.955 bits per heavy atom. The Balaban J connectivity index is 3.12. The molecule has 0 radical (unpaired) electrons. The highest BCUT2D eigenvalue weighted by Crippen LogP contribution is 2.24. The van der Waals surface area contributed by atoms with Crippen molar-refractivity contribution in [3.8, 4) is 0 Å². The number of rotatable bonds is 15. The molecule has 0 rings (SSSR count). The van der Waals surface area contributed by atoms with Crippen LogP contribution in [-0.4, -0.2) is 17.4 Å². The van der Waals surface area contributed by atoms with Crippen molar-refractivity contribution in [2.24, 2.45) is 0 Å². The predicted molar refractivity (Wildman–Crippen MR) is 87.0 cm³/mol. The van der Waals surface area contributed by atoms with Gasteiger partial charge < -0.3 is 5.11 Å². The summed E-state index contributed by atoms with van der Waals surface area (Å²) >= 11 is 0. The van der Waals surface area contributed by atoms with Crippen molar-refractivity contribution in [2.75, 3.05) is 0 Å². The van der Waals surface area contributed by atoms with Crippen LogP contribution in [0.25, 0.3) is 0 Å². The van der Waals surface area contributed by atoms with Gasteiger partial charge in [-0.1, -0.05) is 96.8 Å². The molecule has 0 aliphatic heterocycles. The molecule has 0 fully saturated rings. The molecule has 0 spiro atoms. The van der Waals surface area contributed by atoms with Gasteiger partial charge >= 0.3 is 6.18 Å². The summed E-state index contributed by atoms with van der Waals surface area (Å²) in [5.74, 6) is 0. The lowest BCUT2D eigenvalue weighted by molar-refractivity contribution is -0.205. The van der Waals surface area contributed by atoms with Gasteiger partial charge in [0.15, 0.2) is 0 Å².